The zero-order valence-corrected chi connectivity index (χ0v) is 12.0. The Hall–Kier alpha value is -0.650. The molecule has 0 atom stereocenters. The van der Waals surface area contributed by atoms with E-state index in [9.17, 15) is 9.90 Å². The third-order valence-electron chi connectivity index (χ3n) is 3.48. The lowest BCUT2D eigenvalue weighted by Crippen LogP contribution is -2.40. The maximum atomic E-state index is 11.6. The highest BCUT2D eigenvalue weighted by molar-refractivity contribution is 5.72. The maximum Gasteiger partial charge on any atom is 0.308 e. The van der Waals surface area contributed by atoms with Crippen molar-refractivity contribution in [2.24, 2.45) is 5.92 Å². The third kappa shape index (κ3) is 5.89. The second-order valence-electron chi connectivity index (χ2n) is 5.00. The molecule has 0 aliphatic heterocycles. The summed E-state index contributed by atoms with van der Waals surface area (Å²) in [6.45, 7) is 6.20. The molecule has 112 valence electrons. The van der Waals surface area contributed by atoms with Crippen molar-refractivity contribution in [2.75, 3.05) is 33.0 Å². The first kappa shape index (κ1) is 16.4. The van der Waals surface area contributed by atoms with Crippen LogP contribution in [0.1, 0.15) is 39.5 Å². The van der Waals surface area contributed by atoms with Gasteiger partial charge < -0.3 is 19.3 Å². The number of ether oxygens (including phenoxy) is 3. The quantitative estimate of drug-likeness (QED) is 0.537. The molecule has 0 heterocycles. The van der Waals surface area contributed by atoms with Crippen molar-refractivity contribution in [1.29, 1.82) is 0 Å². The van der Waals surface area contributed by atoms with Crippen LogP contribution in [0, 0.1) is 5.92 Å². The highest BCUT2D eigenvalue weighted by Gasteiger charge is 2.36. The van der Waals surface area contributed by atoms with Crippen LogP contribution in [0.2, 0.25) is 0 Å². The first-order valence-electron chi connectivity index (χ1n) is 7.16. The summed E-state index contributed by atoms with van der Waals surface area (Å²) >= 11 is 0. The van der Waals surface area contributed by atoms with Gasteiger partial charge in [0.05, 0.1) is 37.9 Å². The van der Waals surface area contributed by atoms with E-state index < -0.39 is 5.60 Å². The first-order chi connectivity index (χ1) is 9.11. The van der Waals surface area contributed by atoms with Crippen LogP contribution in [-0.2, 0) is 19.0 Å². The molecule has 1 N–H and O–H groups in total. The maximum absolute atomic E-state index is 11.6. The van der Waals surface area contributed by atoms with E-state index in [2.05, 4.69) is 0 Å². The SMILES string of the molecule is CCOCCOCC1(O)CCC(C(=O)OCC)CC1. The van der Waals surface area contributed by atoms with Crippen LogP contribution < -0.4 is 0 Å². The van der Waals surface area contributed by atoms with Crippen molar-refractivity contribution in [1.82, 2.24) is 0 Å². The average Bonchev–Trinajstić information content (AvgIpc) is 2.39. The molecule has 0 aromatic carbocycles. The molecule has 0 radical (unpaired) electrons. The van der Waals surface area contributed by atoms with Gasteiger partial charge in [-0.3, -0.25) is 4.79 Å². The van der Waals surface area contributed by atoms with Gasteiger partial charge in [-0.1, -0.05) is 0 Å². The molecule has 0 amide bonds. The normalized spacial score (nSPS) is 27.2. The monoisotopic (exact) mass is 274 g/mol. The Kier molecular flexibility index (Phi) is 7.34. The summed E-state index contributed by atoms with van der Waals surface area (Å²) in [7, 11) is 0. The van der Waals surface area contributed by atoms with Crippen molar-refractivity contribution < 1.29 is 24.1 Å². The first-order valence-corrected chi connectivity index (χ1v) is 7.16. The van der Waals surface area contributed by atoms with Gasteiger partial charge in [0.15, 0.2) is 0 Å². The minimum absolute atomic E-state index is 0.0661. The molecule has 1 aliphatic rings. The van der Waals surface area contributed by atoms with Crippen molar-refractivity contribution in [2.45, 2.75) is 45.1 Å². The van der Waals surface area contributed by atoms with Crippen molar-refractivity contribution in [3.8, 4) is 0 Å². The molecule has 5 heteroatoms. The fraction of sp³-hybridized carbons (Fsp3) is 0.929. The molecular formula is C14H26O5. The number of hydrogen-bond acceptors (Lipinski definition) is 5. The molecule has 1 rings (SSSR count). The van der Waals surface area contributed by atoms with Crippen molar-refractivity contribution in [3.63, 3.8) is 0 Å². The molecule has 0 aromatic rings. The lowest BCUT2D eigenvalue weighted by atomic mass is 9.79. The Morgan fingerprint density at radius 3 is 2.37 bits per heavy atom. The van der Waals surface area contributed by atoms with E-state index in [0.29, 0.717) is 58.7 Å². The standard InChI is InChI=1S/C14H26O5/c1-3-17-9-10-18-11-14(16)7-5-12(6-8-14)13(15)19-4-2/h12,16H,3-11H2,1-2H3. The van der Waals surface area contributed by atoms with Crippen LogP contribution in [0.5, 0.6) is 0 Å². The van der Waals surface area contributed by atoms with Crippen LogP contribution in [0.4, 0.5) is 0 Å². The zero-order chi connectivity index (χ0) is 14.1. The summed E-state index contributed by atoms with van der Waals surface area (Å²) in [4.78, 5) is 11.6. The second-order valence-corrected chi connectivity index (χ2v) is 5.00. The fourth-order valence-electron chi connectivity index (χ4n) is 2.32. The molecular weight excluding hydrogens is 248 g/mol. The number of rotatable bonds is 8. The van der Waals surface area contributed by atoms with E-state index in [1.807, 2.05) is 13.8 Å². The lowest BCUT2D eigenvalue weighted by Gasteiger charge is -2.34. The number of aliphatic hydroxyl groups is 1. The zero-order valence-electron chi connectivity index (χ0n) is 12.0. The smallest absolute Gasteiger partial charge is 0.308 e. The molecule has 0 aromatic heterocycles. The fourth-order valence-corrected chi connectivity index (χ4v) is 2.32. The van der Waals surface area contributed by atoms with Crippen LogP contribution in [0.3, 0.4) is 0 Å². The minimum Gasteiger partial charge on any atom is -0.466 e. The summed E-state index contributed by atoms with van der Waals surface area (Å²) in [6, 6.07) is 0. The van der Waals surface area contributed by atoms with E-state index in [1.54, 1.807) is 0 Å². The average molecular weight is 274 g/mol. The van der Waals surface area contributed by atoms with Gasteiger partial charge in [-0.15, -0.1) is 0 Å². The topological polar surface area (TPSA) is 65.0 Å². The van der Waals surface area contributed by atoms with Gasteiger partial charge >= 0.3 is 5.97 Å². The molecule has 0 bridgehead atoms. The largest absolute Gasteiger partial charge is 0.466 e. The Balaban J connectivity index is 2.21. The molecule has 0 spiro atoms. The van der Waals surface area contributed by atoms with Crippen molar-refractivity contribution >= 4 is 5.97 Å². The molecule has 19 heavy (non-hydrogen) atoms. The van der Waals surface area contributed by atoms with Gasteiger partial charge in [0, 0.05) is 6.61 Å². The summed E-state index contributed by atoms with van der Waals surface area (Å²) in [5.41, 5.74) is -0.796. The number of carbonyl (C=O) groups is 1. The predicted octanol–water partition coefficient (Wildman–Crippen LogP) is 1.52. The Labute approximate surface area is 115 Å². The minimum atomic E-state index is -0.796. The van der Waals surface area contributed by atoms with Gasteiger partial charge in [0.2, 0.25) is 0 Å². The Morgan fingerprint density at radius 2 is 1.79 bits per heavy atom. The summed E-state index contributed by atoms with van der Waals surface area (Å²) in [5.74, 6) is -0.203. The highest BCUT2D eigenvalue weighted by atomic mass is 16.5. The summed E-state index contributed by atoms with van der Waals surface area (Å²) in [5, 5.41) is 10.3. The molecule has 1 saturated carbocycles. The van der Waals surface area contributed by atoms with Gasteiger partial charge in [0.25, 0.3) is 0 Å². The van der Waals surface area contributed by atoms with Crippen LogP contribution in [0.15, 0.2) is 0 Å². The van der Waals surface area contributed by atoms with Gasteiger partial charge in [-0.05, 0) is 39.5 Å². The third-order valence-corrected chi connectivity index (χ3v) is 3.48. The van der Waals surface area contributed by atoms with E-state index in [-0.39, 0.29) is 11.9 Å². The van der Waals surface area contributed by atoms with Crippen molar-refractivity contribution in [3.05, 3.63) is 0 Å². The second kappa shape index (κ2) is 8.51. The van der Waals surface area contributed by atoms with Crippen LogP contribution >= 0.6 is 0 Å². The number of hydrogen-bond donors (Lipinski definition) is 1. The van der Waals surface area contributed by atoms with E-state index in [4.69, 9.17) is 14.2 Å². The predicted molar refractivity (Wildman–Crippen MR) is 70.9 cm³/mol. The molecule has 5 nitrogen and oxygen atoms in total. The summed E-state index contributed by atoms with van der Waals surface area (Å²) < 4.78 is 15.6. The molecule has 0 saturated heterocycles. The van der Waals surface area contributed by atoms with Gasteiger partial charge in [0.1, 0.15) is 0 Å². The molecule has 1 fully saturated rings. The molecule has 0 unspecified atom stereocenters. The van der Waals surface area contributed by atoms with E-state index in [0.717, 1.165) is 0 Å². The van der Waals surface area contributed by atoms with Crippen LogP contribution in [-0.4, -0.2) is 49.7 Å². The number of esters is 1. The number of carbonyl (C=O) groups excluding carboxylic acids is 1. The van der Waals surface area contributed by atoms with E-state index in [1.165, 1.54) is 0 Å². The lowest BCUT2D eigenvalue weighted by molar-refractivity contribution is -0.152. The van der Waals surface area contributed by atoms with E-state index >= 15 is 0 Å². The Morgan fingerprint density at radius 1 is 1.16 bits per heavy atom. The Bertz CT molecular complexity index is 259. The highest BCUT2D eigenvalue weighted by Crippen LogP contribution is 2.33. The molecule has 1 aliphatic carbocycles. The summed E-state index contributed by atoms with van der Waals surface area (Å²) in [6.07, 6.45) is 2.52. The van der Waals surface area contributed by atoms with Crippen LogP contribution in [0.25, 0.3) is 0 Å². The van der Waals surface area contributed by atoms with Gasteiger partial charge in [-0.25, -0.2) is 0 Å². The van der Waals surface area contributed by atoms with Gasteiger partial charge in [-0.2, -0.15) is 0 Å².